The summed E-state index contributed by atoms with van der Waals surface area (Å²) in [4.78, 5) is 14.2. The van der Waals surface area contributed by atoms with E-state index >= 15 is 0 Å². The lowest BCUT2D eigenvalue weighted by atomic mass is 9.42. The number of Topliss-reactive ketones (excluding diaryl/α,β-unsaturated/α-hetero) is 1. The van der Waals surface area contributed by atoms with E-state index in [1.54, 1.807) is 0 Å². The fourth-order valence-electron chi connectivity index (χ4n) is 3.55. The highest BCUT2D eigenvalue weighted by molar-refractivity contribution is 5.99. The quantitative estimate of drug-likeness (QED) is 0.889. The molecule has 104 valence electrons. The average molecular weight is 261 g/mol. The Hall–Kier alpha value is -1.35. The van der Waals surface area contributed by atoms with Gasteiger partial charge in [0.2, 0.25) is 0 Å². The number of anilines is 1. The molecule has 0 aliphatic heterocycles. The molecule has 1 aliphatic rings. The van der Waals surface area contributed by atoms with Gasteiger partial charge in [-0.05, 0) is 45.4 Å². The Labute approximate surface area is 115 Å². The summed E-state index contributed by atoms with van der Waals surface area (Å²) in [6.45, 7) is 7.28. The van der Waals surface area contributed by atoms with Gasteiger partial charge in [0.1, 0.15) is 5.60 Å². The summed E-state index contributed by atoms with van der Waals surface area (Å²) in [7, 11) is 3.95. The van der Waals surface area contributed by atoms with Crippen LogP contribution in [0, 0.1) is 10.8 Å². The zero-order valence-corrected chi connectivity index (χ0v) is 12.6. The van der Waals surface area contributed by atoms with Crippen LogP contribution in [-0.2, 0) is 10.4 Å². The molecule has 0 aromatic heterocycles. The van der Waals surface area contributed by atoms with Crippen molar-refractivity contribution >= 4 is 11.5 Å². The van der Waals surface area contributed by atoms with Gasteiger partial charge in [-0.2, -0.15) is 0 Å². The van der Waals surface area contributed by atoms with Crippen molar-refractivity contribution < 1.29 is 9.90 Å². The number of rotatable bonds is 2. The SMILES string of the molecule is CN(C)c1ccc(C2(O)C(C)(C)C(=O)C2(C)C)cc1. The Morgan fingerprint density at radius 3 is 1.74 bits per heavy atom. The Kier molecular flexibility index (Phi) is 2.83. The maximum Gasteiger partial charge on any atom is 0.150 e. The molecule has 0 unspecified atom stereocenters. The molecular formula is C16H23NO2. The van der Waals surface area contributed by atoms with E-state index in [1.165, 1.54) is 0 Å². The van der Waals surface area contributed by atoms with Gasteiger partial charge in [0, 0.05) is 19.8 Å². The van der Waals surface area contributed by atoms with Crippen molar-refractivity contribution in [3.05, 3.63) is 29.8 Å². The smallest absolute Gasteiger partial charge is 0.150 e. The van der Waals surface area contributed by atoms with E-state index in [0.29, 0.717) is 0 Å². The van der Waals surface area contributed by atoms with Crippen molar-refractivity contribution in [1.82, 2.24) is 0 Å². The largest absolute Gasteiger partial charge is 0.383 e. The van der Waals surface area contributed by atoms with Crippen LogP contribution in [0.3, 0.4) is 0 Å². The number of nitrogens with zero attached hydrogens (tertiary/aromatic N) is 1. The minimum atomic E-state index is -1.11. The molecule has 0 atom stereocenters. The van der Waals surface area contributed by atoms with E-state index < -0.39 is 16.4 Å². The molecule has 1 saturated carbocycles. The summed E-state index contributed by atoms with van der Waals surface area (Å²) in [5.41, 5.74) is -0.699. The zero-order chi connectivity index (χ0) is 14.6. The van der Waals surface area contributed by atoms with Gasteiger partial charge in [0.15, 0.2) is 5.78 Å². The minimum Gasteiger partial charge on any atom is -0.383 e. The van der Waals surface area contributed by atoms with Crippen LogP contribution in [0.5, 0.6) is 0 Å². The molecule has 0 spiro atoms. The summed E-state index contributed by atoms with van der Waals surface area (Å²) in [5.74, 6) is 0.110. The Morgan fingerprint density at radius 2 is 1.37 bits per heavy atom. The average Bonchev–Trinajstić information content (AvgIpc) is 2.36. The molecule has 1 aromatic rings. The fraction of sp³-hybridized carbons (Fsp3) is 0.562. The molecular weight excluding hydrogens is 238 g/mol. The third kappa shape index (κ3) is 1.51. The Morgan fingerprint density at radius 1 is 0.947 bits per heavy atom. The maximum absolute atomic E-state index is 12.2. The van der Waals surface area contributed by atoms with E-state index in [9.17, 15) is 9.90 Å². The summed E-state index contributed by atoms with van der Waals surface area (Å²) in [5, 5.41) is 11.1. The fourth-order valence-corrected chi connectivity index (χ4v) is 3.55. The van der Waals surface area contributed by atoms with Crippen LogP contribution < -0.4 is 4.90 Å². The van der Waals surface area contributed by atoms with E-state index in [-0.39, 0.29) is 5.78 Å². The highest BCUT2D eigenvalue weighted by Crippen LogP contribution is 2.63. The summed E-state index contributed by atoms with van der Waals surface area (Å²) in [6, 6.07) is 7.79. The third-order valence-electron chi connectivity index (χ3n) is 4.75. The second kappa shape index (κ2) is 3.83. The first-order valence-corrected chi connectivity index (χ1v) is 6.62. The van der Waals surface area contributed by atoms with Crippen molar-refractivity contribution in [1.29, 1.82) is 0 Å². The first kappa shape index (κ1) is 14.1. The molecule has 1 aromatic carbocycles. The molecule has 1 aliphatic carbocycles. The second-order valence-corrected chi connectivity index (χ2v) is 6.73. The van der Waals surface area contributed by atoms with Crippen molar-refractivity contribution in [3.8, 4) is 0 Å². The molecule has 0 saturated heterocycles. The number of benzene rings is 1. The van der Waals surface area contributed by atoms with Gasteiger partial charge in [0.05, 0.1) is 10.8 Å². The van der Waals surface area contributed by atoms with Gasteiger partial charge >= 0.3 is 0 Å². The molecule has 3 nitrogen and oxygen atoms in total. The molecule has 19 heavy (non-hydrogen) atoms. The monoisotopic (exact) mass is 261 g/mol. The lowest BCUT2D eigenvalue weighted by Crippen LogP contribution is -2.71. The van der Waals surface area contributed by atoms with Crippen LogP contribution in [-0.4, -0.2) is 25.0 Å². The molecule has 1 N–H and O–H groups in total. The molecule has 3 heteroatoms. The van der Waals surface area contributed by atoms with Crippen LogP contribution >= 0.6 is 0 Å². The summed E-state index contributed by atoms with van der Waals surface area (Å²) in [6.07, 6.45) is 0. The van der Waals surface area contributed by atoms with Gasteiger partial charge in [-0.1, -0.05) is 12.1 Å². The van der Waals surface area contributed by atoms with Gasteiger partial charge < -0.3 is 10.0 Å². The number of carbonyl (C=O) groups excluding carboxylic acids is 1. The lowest BCUT2D eigenvalue weighted by molar-refractivity contribution is -0.230. The van der Waals surface area contributed by atoms with Crippen LogP contribution in [0.25, 0.3) is 0 Å². The van der Waals surface area contributed by atoms with Crippen LogP contribution in [0.1, 0.15) is 33.3 Å². The normalized spacial score (nSPS) is 22.8. The van der Waals surface area contributed by atoms with Gasteiger partial charge in [0.25, 0.3) is 0 Å². The second-order valence-electron chi connectivity index (χ2n) is 6.73. The van der Waals surface area contributed by atoms with Crippen LogP contribution in [0.2, 0.25) is 0 Å². The third-order valence-corrected chi connectivity index (χ3v) is 4.75. The molecule has 0 radical (unpaired) electrons. The van der Waals surface area contributed by atoms with Crippen LogP contribution in [0.4, 0.5) is 5.69 Å². The first-order valence-electron chi connectivity index (χ1n) is 6.62. The maximum atomic E-state index is 12.2. The first-order chi connectivity index (χ1) is 8.56. The molecule has 1 fully saturated rings. The number of hydrogen-bond donors (Lipinski definition) is 1. The number of hydrogen-bond acceptors (Lipinski definition) is 3. The van der Waals surface area contributed by atoms with Crippen LogP contribution in [0.15, 0.2) is 24.3 Å². The van der Waals surface area contributed by atoms with Crippen molar-refractivity contribution in [2.24, 2.45) is 10.8 Å². The molecule has 0 amide bonds. The minimum absolute atomic E-state index is 0.110. The van der Waals surface area contributed by atoms with E-state index in [0.717, 1.165) is 11.3 Å². The number of carbonyl (C=O) groups is 1. The topological polar surface area (TPSA) is 40.5 Å². The highest BCUT2D eigenvalue weighted by Gasteiger charge is 2.72. The van der Waals surface area contributed by atoms with E-state index in [4.69, 9.17) is 0 Å². The van der Waals surface area contributed by atoms with Crippen molar-refractivity contribution in [3.63, 3.8) is 0 Å². The zero-order valence-electron chi connectivity index (χ0n) is 12.6. The summed E-state index contributed by atoms with van der Waals surface area (Å²) < 4.78 is 0. The highest BCUT2D eigenvalue weighted by atomic mass is 16.3. The number of aliphatic hydroxyl groups is 1. The van der Waals surface area contributed by atoms with Crippen molar-refractivity contribution in [2.75, 3.05) is 19.0 Å². The lowest BCUT2D eigenvalue weighted by Gasteiger charge is -2.62. The standard InChI is InChI=1S/C16H23NO2/c1-14(2)13(18)15(3,4)16(14,19)11-7-9-12(10-8-11)17(5)6/h7-10,19H,1-6H3. The van der Waals surface area contributed by atoms with E-state index in [1.807, 2.05) is 71.0 Å². The molecule has 0 bridgehead atoms. The van der Waals surface area contributed by atoms with Gasteiger partial charge in [-0.25, -0.2) is 0 Å². The molecule has 0 heterocycles. The Balaban J connectivity index is 2.48. The predicted octanol–water partition coefficient (Wildman–Crippen LogP) is 2.58. The Bertz CT molecular complexity index is 494. The van der Waals surface area contributed by atoms with Gasteiger partial charge in [-0.15, -0.1) is 0 Å². The molecule has 2 rings (SSSR count). The van der Waals surface area contributed by atoms with E-state index in [2.05, 4.69) is 0 Å². The predicted molar refractivity (Wildman–Crippen MR) is 77.2 cm³/mol. The number of ketones is 1. The van der Waals surface area contributed by atoms with Gasteiger partial charge in [-0.3, -0.25) is 4.79 Å². The summed E-state index contributed by atoms with van der Waals surface area (Å²) >= 11 is 0. The van der Waals surface area contributed by atoms with Crippen molar-refractivity contribution in [2.45, 2.75) is 33.3 Å².